The van der Waals surface area contributed by atoms with Gasteiger partial charge in [0, 0.05) is 5.69 Å². The van der Waals surface area contributed by atoms with E-state index in [1.807, 2.05) is 74.5 Å². The fourth-order valence-electron chi connectivity index (χ4n) is 4.47. The number of benzene rings is 4. The van der Waals surface area contributed by atoms with E-state index in [0.29, 0.717) is 27.2 Å². The second-order valence-corrected chi connectivity index (χ2v) is 13.3. The summed E-state index contributed by atoms with van der Waals surface area (Å²) in [5, 5.41) is 15.5. The number of nitrogens with one attached hydrogen (secondary N) is 2. The molecule has 1 aromatic heterocycles. The average molecular weight is 710 g/mol. The summed E-state index contributed by atoms with van der Waals surface area (Å²) in [5.74, 6) is 1.15. The molecule has 2 N–H and O–H groups in total. The second kappa shape index (κ2) is 15.5. The van der Waals surface area contributed by atoms with Crippen molar-refractivity contribution in [3.63, 3.8) is 0 Å². The van der Waals surface area contributed by atoms with Crippen molar-refractivity contribution in [3.8, 4) is 17.7 Å². The van der Waals surface area contributed by atoms with Gasteiger partial charge in [-0.2, -0.15) is 15.2 Å². The Morgan fingerprint density at radius 2 is 1.47 bits per heavy atom. The average Bonchev–Trinajstić information content (AvgIpc) is 3.10. The molecule has 236 valence electrons. The van der Waals surface area contributed by atoms with Crippen molar-refractivity contribution < 1.29 is 18.3 Å². The lowest BCUT2D eigenvalue weighted by Gasteiger charge is -2.21. The minimum absolute atomic E-state index is 0.0819. The number of aromatic nitrogens is 2. The molecule has 0 aliphatic rings. The highest BCUT2D eigenvalue weighted by molar-refractivity contribution is 9.10. The molecule has 0 bridgehead atoms. The van der Waals surface area contributed by atoms with Crippen LogP contribution in [0.1, 0.15) is 27.8 Å². The summed E-state index contributed by atoms with van der Waals surface area (Å²) in [7, 11) is -3.75. The van der Waals surface area contributed by atoms with Crippen LogP contribution < -0.4 is 15.4 Å². The summed E-state index contributed by atoms with van der Waals surface area (Å²) >= 11 is 3.58. The van der Waals surface area contributed by atoms with Crippen LogP contribution in [0.25, 0.3) is 4.85 Å². The van der Waals surface area contributed by atoms with E-state index in [-0.39, 0.29) is 37.1 Å². The van der Waals surface area contributed by atoms with Crippen molar-refractivity contribution >= 4 is 46.7 Å². The summed E-state index contributed by atoms with van der Waals surface area (Å²) in [6.45, 7) is 11.3. The number of rotatable bonds is 13. The number of nitrogens with zero attached hydrogens (tertiary/aromatic N) is 4. The number of anilines is 3. The molecule has 0 saturated carbocycles. The SMILES string of the molecule is [C-]#[N+]c1cc(C)c(Oc2nc(Nc3ccc(C#N)cc3)nc(NCP(=O)(OCc3ccccc3)OCc3ccccc3)c2Br)c(C)c1. The summed E-state index contributed by atoms with van der Waals surface area (Å²) in [5.41, 5.74) is 4.85. The first-order chi connectivity index (χ1) is 22.7. The van der Waals surface area contributed by atoms with Gasteiger partial charge in [0.2, 0.25) is 11.8 Å². The van der Waals surface area contributed by atoms with Gasteiger partial charge in [-0.25, -0.2) is 4.85 Å². The molecule has 10 nitrogen and oxygen atoms in total. The van der Waals surface area contributed by atoms with E-state index in [9.17, 15) is 9.83 Å². The molecule has 4 aromatic carbocycles. The van der Waals surface area contributed by atoms with Gasteiger partial charge in [0.1, 0.15) is 16.5 Å². The number of ether oxygens (including phenoxy) is 1. The van der Waals surface area contributed by atoms with E-state index in [4.69, 9.17) is 20.4 Å². The van der Waals surface area contributed by atoms with Crippen molar-refractivity contribution in [2.24, 2.45) is 0 Å². The van der Waals surface area contributed by atoms with Crippen LogP contribution in [0.2, 0.25) is 0 Å². The standard InChI is InChI=1S/C35H30BrN6O4P/c1-24-18-30(38-3)19-25(2)32(24)46-34-31(36)33(41-35(42-34)40-29-16-14-26(20-37)15-17-29)39-23-47(43,44-21-27-10-6-4-7-11-27)45-22-28-12-8-5-9-13-28/h4-19H,21-23H2,1-2H3,(H2,39,40,41,42). The van der Waals surface area contributed by atoms with Crippen molar-refractivity contribution in [1.82, 2.24) is 9.97 Å². The molecule has 0 spiro atoms. The van der Waals surface area contributed by atoms with Crippen molar-refractivity contribution in [2.45, 2.75) is 27.1 Å². The van der Waals surface area contributed by atoms with E-state index >= 15 is 0 Å². The fraction of sp³-hybridized carbons (Fsp3) is 0.143. The van der Waals surface area contributed by atoms with Gasteiger partial charge < -0.3 is 24.4 Å². The molecular weight excluding hydrogens is 679 g/mol. The van der Waals surface area contributed by atoms with Crippen molar-refractivity contribution in [2.75, 3.05) is 16.9 Å². The first-order valence-electron chi connectivity index (χ1n) is 14.5. The zero-order valence-corrected chi connectivity index (χ0v) is 28.1. The molecule has 5 rings (SSSR count). The Morgan fingerprint density at radius 1 is 0.894 bits per heavy atom. The molecule has 12 heteroatoms. The van der Waals surface area contributed by atoms with E-state index in [1.54, 1.807) is 36.4 Å². The summed E-state index contributed by atoms with van der Waals surface area (Å²) in [4.78, 5) is 12.8. The molecular formula is C35H30BrN6O4P. The van der Waals surface area contributed by atoms with Crippen LogP contribution in [0, 0.1) is 31.8 Å². The Balaban J connectivity index is 1.46. The molecule has 0 saturated heterocycles. The number of hydrogen-bond acceptors (Lipinski definition) is 9. The highest BCUT2D eigenvalue weighted by Crippen LogP contribution is 2.50. The first kappa shape index (κ1) is 33.3. The molecule has 1 heterocycles. The Kier molecular flexibility index (Phi) is 11.0. The maximum atomic E-state index is 14.1. The Hall–Kier alpha value is -5.03. The van der Waals surface area contributed by atoms with Crippen molar-refractivity contribution in [1.29, 1.82) is 5.26 Å². The molecule has 0 amide bonds. The molecule has 0 radical (unpaired) electrons. The van der Waals surface area contributed by atoms with E-state index in [1.165, 1.54) is 0 Å². The lowest BCUT2D eigenvalue weighted by atomic mass is 10.1. The van der Waals surface area contributed by atoms with Gasteiger partial charge >= 0.3 is 7.60 Å². The molecule has 0 fully saturated rings. The quantitative estimate of drug-likeness (QED) is 0.0909. The minimum atomic E-state index is -3.75. The largest absolute Gasteiger partial charge is 0.437 e. The van der Waals surface area contributed by atoms with Gasteiger partial charge in [0.25, 0.3) is 0 Å². The van der Waals surface area contributed by atoms with Crippen LogP contribution in [0.4, 0.5) is 23.1 Å². The second-order valence-electron chi connectivity index (χ2n) is 10.4. The van der Waals surface area contributed by atoms with Crippen LogP contribution in [0.5, 0.6) is 11.6 Å². The Labute approximate surface area is 281 Å². The van der Waals surface area contributed by atoms with Crippen LogP contribution >= 0.6 is 23.5 Å². The number of nitriles is 1. The molecule has 0 unspecified atom stereocenters. The van der Waals surface area contributed by atoms with E-state index in [2.05, 4.69) is 47.4 Å². The number of aryl methyl sites for hydroxylation is 2. The molecule has 5 aromatic rings. The predicted molar refractivity (Wildman–Crippen MR) is 185 cm³/mol. The van der Waals surface area contributed by atoms with Crippen molar-refractivity contribution in [3.05, 3.63) is 141 Å². The highest BCUT2D eigenvalue weighted by atomic mass is 79.9. The van der Waals surface area contributed by atoms with Gasteiger partial charge in [0.05, 0.1) is 31.4 Å². The topological polar surface area (TPSA) is 123 Å². The maximum Gasteiger partial charge on any atom is 0.350 e. The van der Waals surface area contributed by atoms with Gasteiger partial charge in [-0.05, 0) is 88.4 Å². The zero-order valence-electron chi connectivity index (χ0n) is 25.6. The third kappa shape index (κ3) is 9.04. The molecule has 0 aliphatic heterocycles. The monoisotopic (exact) mass is 708 g/mol. The van der Waals surface area contributed by atoms with Gasteiger partial charge in [0.15, 0.2) is 11.5 Å². The van der Waals surface area contributed by atoms with Crippen LogP contribution in [0.15, 0.2) is 102 Å². The number of hydrogen-bond donors (Lipinski definition) is 2. The summed E-state index contributed by atoms with van der Waals surface area (Å²) < 4.78 is 32.7. The lowest BCUT2D eigenvalue weighted by Crippen LogP contribution is -2.12. The maximum absolute atomic E-state index is 14.1. The third-order valence-corrected chi connectivity index (χ3v) is 9.15. The first-order valence-corrected chi connectivity index (χ1v) is 17.0. The molecule has 47 heavy (non-hydrogen) atoms. The van der Waals surface area contributed by atoms with Gasteiger partial charge in [-0.15, -0.1) is 0 Å². The zero-order chi connectivity index (χ0) is 33.2. The Bertz CT molecular complexity index is 1910. The fourth-order valence-corrected chi connectivity index (χ4v) is 6.16. The molecule has 0 atom stereocenters. The van der Waals surface area contributed by atoms with Gasteiger partial charge in [-0.1, -0.05) is 60.7 Å². The smallest absolute Gasteiger partial charge is 0.350 e. The molecule has 0 aliphatic carbocycles. The number of halogens is 1. The normalized spacial score (nSPS) is 10.9. The summed E-state index contributed by atoms with van der Waals surface area (Å²) in [6.07, 6.45) is -0.213. The Morgan fingerprint density at radius 3 is 2.00 bits per heavy atom. The van der Waals surface area contributed by atoms with E-state index < -0.39 is 7.60 Å². The van der Waals surface area contributed by atoms with E-state index in [0.717, 1.165) is 22.3 Å². The predicted octanol–water partition coefficient (Wildman–Crippen LogP) is 9.81. The van der Waals surface area contributed by atoms with Gasteiger partial charge in [-0.3, -0.25) is 4.57 Å². The lowest BCUT2D eigenvalue weighted by molar-refractivity contribution is 0.192. The van der Waals surface area contributed by atoms with Crippen LogP contribution in [-0.4, -0.2) is 16.3 Å². The third-order valence-electron chi connectivity index (χ3n) is 6.85. The highest BCUT2D eigenvalue weighted by Gasteiger charge is 2.27. The summed E-state index contributed by atoms with van der Waals surface area (Å²) in [6, 6.07) is 31.3. The van der Waals surface area contributed by atoms with Crippen LogP contribution in [0.3, 0.4) is 0 Å². The minimum Gasteiger partial charge on any atom is -0.437 e. The van der Waals surface area contributed by atoms with Crippen LogP contribution in [-0.2, 0) is 26.8 Å².